The molecule has 2 heterocycles. The molecule has 0 fully saturated rings. The zero-order valence-electron chi connectivity index (χ0n) is 12.8. The van der Waals surface area contributed by atoms with Gasteiger partial charge in [0.2, 0.25) is 0 Å². The summed E-state index contributed by atoms with van der Waals surface area (Å²) in [4.78, 5) is 0. The molecule has 22 heavy (non-hydrogen) atoms. The van der Waals surface area contributed by atoms with Crippen LogP contribution in [0.4, 0.5) is 0 Å². The van der Waals surface area contributed by atoms with E-state index in [4.69, 9.17) is 4.74 Å². The zero-order valence-corrected chi connectivity index (χ0v) is 12.8. The Balaban J connectivity index is 1.90. The Morgan fingerprint density at radius 3 is 2.41 bits per heavy atom. The van der Waals surface area contributed by atoms with Gasteiger partial charge >= 0.3 is 0 Å². The highest BCUT2D eigenvalue weighted by atomic mass is 16.5. The summed E-state index contributed by atoms with van der Waals surface area (Å²) in [5, 5.41) is 14.0. The van der Waals surface area contributed by atoms with Gasteiger partial charge in [-0.05, 0) is 48.7 Å². The van der Waals surface area contributed by atoms with Crippen molar-refractivity contribution in [3.05, 3.63) is 70.8 Å². The van der Waals surface area contributed by atoms with Crippen molar-refractivity contribution in [1.29, 1.82) is 0 Å². The highest BCUT2D eigenvalue weighted by molar-refractivity contribution is 5.53. The fourth-order valence-corrected chi connectivity index (χ4v) is 4.03. The van der Waals surface area contributed by atoms with E-state index in [9.17, 15) is 5.11 Å². The number of benzene rings is 2. The molecule has 4 rings (SSSR count). The SMILES string of the molecule is CNCCCC12OC(c3ccccc31)C(O)c1ccccc12. The molecule has 0 amide bonds. The summed E-state index contributed by atoms with van der Waals surface area (Å²) in [6.07, 6.45) is 1.12. The first kappa shape index (κ1) is 13.9. The molecule has 3 nitrogen and oxygen atoms in total. The van der Waals surface area contributed by atoms with Gasteiger partial charge in [0.15, 0.2) is 0 Å². The summed E-state index contributed by atoms with van der Waals surface area (Å²) in [5.41, 5.74) is 4.09. The summed E-state index contributed by atoms with van der Waals surface area (Å²) in [6, 6.07) is 16.5. The minimum absolute atomic E-state index is 0.249. The Kier molecular flexibility index (Phi) is 3.30. The van der Waals surface area contributed by atoms with Crippen LogP contribution in [0.1, 0.15) is 47.3 Å². The molecule has 2 bridgehead atoms. The second-order valence-corrected chi connectivity index (χ2v) is 6.19. The summed E-state index contributed by atoms with van der Waals surface area (Å²) in [5.74, 6) is 0. The number of fused-ring (bicyclic) bond motifs is 7. The number of hydrogen-bond donors (Lipinski definition) is 2. The summed E-state index contributed by atoms with van der Waals surface area (Å²) in [7, 11) is 1.97. The topological polar surface area (TPSA) is 41.5 Å². The minimum atomic E-state index is -0.586. The number of hydrogen-bond acceptors (Lipinski definition) is 3. The van der Waals surface area contributed by atoms with E-state index in [1.807, 2.05) is 31.3 Å². The van der Waals surface area contributed by atoms with Gasteiger partial charge in [0.05, 0.1) is 0 Å². The van der Waals surface area contributed by atoms with Crippen LogP contribution in [0.15, 0.2) is 48.5 Å². The third kappa shape index (κ3) is 1.80. The van der Waals surface area contributed by atoms with Crippen LogP contribution in [0.25, 0.3) is 0 Å². The van der Waals surface area contributed by atoms with Crippen LogP contribution in [0, 0.1) is 0 Å². The van der Waals surface area contributed by atoms with E-state index in [0.717, 1.165) is 36.1 Å². The Bertz CT molecular complexity index is 699. The van der Waals surface area contributed by atoms with Crippen molar-refractivity contribution in [2.45, 2.75) is 30.7 Å². The van der Waals surface area contributed by atoms with Crippen molar-refractivity contribution < 1.29 is 9.84 Å². The van der Waals surface area contributed by atoms with Gasteiger partial charge in [0.25, 0.3) is 0 Å². The maximum absolute atomic E-state index is 10.7. The predicted molar refractivity (Wildman–Crippen MR) is 85.6 cm³/mol. The molecule has 0 aliphatic carbocycles. The molecule has 3 unspecified atom stereocenters. The second kappa shape index (κ2) is 5.20. The monoisotopic (exact) mass is 295 g/mol. The minimum Gasteiger partial charge on any atom is -0.385 e. The van der Waals surface area contributed by atoms with Gasteiger partial charge in [-0.3, -0.25) is 0 Å². The lowest BCUT2D eigenvalue weighted by Crippen LogP contribution is -2.34. The van der Waals surface area contributed by atoms with Crippen molar-refractivity contribution in [2.24, 2.45) is 0 Å². The first-order valence-electron chi connectivity index (χ1n) is 7.97. The van der Waals surface area contributed by atoms with Crippen molar-refractivity contribution in [3.8, 4) is 0 Å². The van der Waals surface area contributed by atoms with Gasteiger partial charge in [0.1, 0.15) is 17.8 Å². The molecular weight excluding hydrogens is 274 g/mol. The molecule has 0 radical (unpaired) electrons. The third-order valence-corrected chi connectivity index (χ3v) is 4.99. The summed E-state index contributed by atoms with van der Waals surface area (Å²) < 4.78 is 6.46. The Morgan fingerprint density at radius 1 is 1.05 bits per heavy atom. The van der Waals surface area contributed by atoms with Crippen LogP contribution in [-0.2, 0) is 10.3 Å². The molecule has 0 saturated carbocycles. The van der Waals surface area contributed by atoms with Gasteiger partial charge in [-0.15, -0.1) is 0 Å². The van der Waals surface area contributed by atoms with Crippen LogP contribution in [0.2, 0.25) is 0 Å². The maximum atomic E-state index is 10.7. The number of ether oxygens (including phenoxy) is 1. The lowest BCUT2D eigenvalue weighted by atomic mass is 9.80. The maximum Gasteiger partial charge on any atom is 0.120 e. The van der Waals surface area contributed by atoms with Gasteiger partial charge in [-0.2, -0.15) is 0 Å². The van der Waals surface area contributed by atoms with E-state index in [1.165, 1.54) is 5.56 Å². The normalized spacial score (nSPS) is 28.3. The van der Waals surface area contributed by atoms with E-state index in [1.54, 1.807) is 0 Å². The summed E-state index contributed by atoms with van der Waals surface area (Å²) >= 11 is 0. The standard InChI is InChI=1S/C19H21NO2/c1-20-12-6-11-19-15-9-4-2-7-13(15)17(21)18(22-19)14-8-3-5-10-16(14)19/h2-5,7-10,17-18,20-21H,6,11-12H2,1H3. The average Bonchev–Trinajstić information content (AvgIpc) is 2.87. The predicted octanol–water partition coefficient (Wildman–Crippen LogP) is 3.05. The Hall–Kier alpha value is -1.68. The first-order chi connectivity index (χ1) is 10.8. The molecule has 3 heteroatoms. The molecule has 0 spiro atoms. The number of aliphatic hydroxyl groups excluding tert-OH is 1. The van der Waals surface area contributed by atoms with Gasteiger partial charge in [0, 0.05) is 0 Å². The molecule has 3 atom stereocenters. The lowest BCUT2D eigenvalue weighted by Gasteiger charge is -2.39. The first-order valence-corrected chi connectivity index (χ1v) is 7.97. The molecule has 2 aliphatic heterocycles. The third-order valence-electron chi connectivity index (χ3n) is 4.99. The fraction of sp³-hybridized carbons (Fsp3) is 0.368. The number of aliphatic hydroxyl groups is 1. The van der Waals surface area contributed by atoms with Crippen molar-refractivity contribution in [2.75, 3.05) is 13.6 Å². The lowest BCUT2D eigenvalue weighted by molar-refractivity contribution is -0.123. The highest BCUT2D eigenvalue weighted by Gasteiger charge is 2.53. The van der Waals surface area contributed by atoms with Gasteiger partial charge in [-0.25, -0.2) is 0 Å². The van der Waals surface area contributed by atoms with Gasteiger partial charge in [-0.1, -0.05) is 48.5 Å². The molecule has 2 aromatic carbocycles. The Labute approximate surface area is 130 Å². The van der Waals surface area contributed by atoms with E-state index >= 15 is 0 Å². The van der Waals surface area contributed by atoms with E-state index in [-0.39, 0.29) is 6.10 Å². The molecular formula is C19H21NO2. The Morgan fingerprint density at radius 2 is 1.68 bits per heavy atom. The van der Waals surface area contributed by atoms with E-state index in [0.29, 0.717) is 0 Å². The highest BCUT2D eigenvalue weighted by Crippen LogP contribution is 2.58. The molecule has 2 aromatic rings. The van der Waals surface area contributed by atoms with Gasteiger partial charge < -0.3 is 15.2 Å². The molecule has 2 N–H and O–H groups in total. The molecule has 2 aliphatic rings. The summed E-state index contributed by atoms with van der Waals surface area (Å²) in [6.45, 7) is 0.961. The quantitative estimate of drug-likeness (QED) is 0.852. The fourth-order valence-electron chi connectivity index (χ4n) is 4.03. The van der Waals surface area contributed by atoms with Crippen LogP contribution >= 0.6 is 0 Å². The largest absolute Gasteiger partial charge is 0.385 e. The van der Waals surface area contributed by atoms with Crippen LogP contribution < -0.4 is 5.32 Å². The average molecular weight is 295 g/mol. The van der Waals surface area contributed by atoms with E-state index in [2.05, 4.69) is 29.6 Å². The second-order valence-electron chi connectivity index (χ2n) is 6.19. The van der Waals surface area contributed by atoms with E-state index < -0.39 is 11.7 Å². The van der Waals surface area contributed by atoms with Crippen molar-refractivity contribution >= 4 is 0 Å². The number of rotatable bonds is 4. The van der Waals surface area contributed by atoms with Crippen molar-refractivity contribution in [1.82, 2.24) is 5.32 Å². The molecule has 0 saturated heterocycles. The van der Waals surface area contributed by atoms with Crippen LogP contribution in [0.3, 0.4) is 0 Å². The smallest absolute Gasteiger partial charge is 0.120 e. The van der Waals surface area contributed by atoms with Crippen molar-refractivity contribution in [3.63, 3.8) is 0 Å². The van der Waals surface area contributed by atoms with Crippen LogP contribution in [-0.4, -0.2) is 18.7 Å². The van der Waals surface area contributed by atoms with Crippen LogP contribution in [0.5, 0.6) is 0 Å². The zero-order chi connectivity index (χ0) is 15.2. The molecule has 114 valence electrons. The number of nitrogens with one attached hydrogen (secondary N) is 1. The molecule has 0 aromatic heterocycles.